The summed E-state index contributed by atoms with van der Waals surface area (Å²) in [5.74, 6) is 0.891. The number of hydrogen-bond acceptors (Lipinski definition) is 4. The zero-order valence-electron chi connectivity index (χ0n) is 10.2. The number of unbranched alkanes of at least 4 members (excludes halogenated alkanes) is 3. The summed E-state index contributed by atoms with van der Waals surface area (Å²) in [6.07, 6.45) is 6.03. The van der Waals surface area contributed by atoms with E-state index in [4.69, 9.17) is 5.11 Å². The van der Waals surface area contributed by atoms with Gasteiger partial charge in [0.05, 0.1) is 11.4 Å². The molecule has 4 nitrogen and oxygen atoms in total. The van der Waals surface area contributed by atoms with Crippen molar-refractivity contribution in [3.63, 3.8) is 0 Å². The van der Waals surface area contributed by atoms with Gasteiger partial charge in [-0.05, 0) is 26.7 Å². The Morgan fingerprint density at radius 3 is 2.69 bits per heavy atom. The second kappa shape index (κ2) is 7.17. The smallest absolute Gasteiger partial charge is 0.147 e. The molecule has 0 amide bonds. The maximum atomic E-state index is 8.63. The van der Waals surface area contributed by atoms with E-state index in [-0.39, 0.29) is 0 Å². The molecule has 2 N–H and O–H groups in total. The molecule has 0 unspecified atom stereocenters. The first-order valence-corrected chi connectivity index (χ1v) is 5.89. The highest BCUT2D eigenvalue weighted by atomic mass is 16.2. The third kappa shape index (κ3) is 4.57. The molecule has 0 saturated heterocycles. The molecule has 0 atom stereocenters. The number of hydrogen-bond donors (Lipinski definition) is 2. The Bertz CT molecular complexity index is 315. The topological polar surface area (TPSA) is 58.0 Å². The summed E-state index contributed by atoms with van der Waals surface area (Å²) in [4.78, 5) is 8.64. The molecule has 16 heavy (non-hydrogen) atoms. The number of aryl methyl sites for hydroxylation is 2. The van der Waals surface area contributed by atoms with E-state index in [2.05, 4.69) is 15.3 Å². The summed E-state index contributed by atoms with van der Waals surface area (Å²) in [6, 6.07) is 0. The molecule has 4 heteroatoms. The SMILES string of the molecule is Cc1cnc(C)c(NCCCCCCO)n1. The molecule has 0 spiro atoms. The summed E-state index contributed by atoms with van der Waals surface area (Å²) in [6.45, 7) is 5.12. The van der Waals surface area contributed by atoms with E-state index in [0.29, 0.717) is 6.61 Å². The summed E-state index contributed by atoms with van der Waals surface area (Å²) >= 11 is 0. The molecule has 90 valence electrons. The van der Waals surface area contributed by atoms with Crippen LogP contribution in [0.15, 0.2) is 6.20 Å². The van der Waals surface area contributed by atoms with Gasteiger partial charge in [0.2, 0.25) is 0 Å². The van der Waals surface area contributed by atoms with Crippen molar-refractivity contribution in [3.05, 3.63) is 17.6 Å². The Kier molecular flexibility index (Phi) is 5.78. The largest absolute Gasteiger partial charge is 0.396 e. The minimum Gasteiger partial charge on any atom is -0.396 e. The summed E-state index contributed by atoms with van der Waals surface area (Å²) in [7, 11) is 0. The number of anilines is 1. The van der Waals surface area contributed by atoms with E-state index in [1.807, 2.05) is 13.8 Å². The molecule has 0 saturated carbocycles. The molecule has 1 heterocycles. The van der Waals surface area contributed by atoms with Gasteiger partial charge in [-0.3, -0.25) is 4.98 Å². The van der Waals surface area contributed by atoms with Crippen LogP contribution in [0.5, 0.6) is 0 Å². The van der Waals surface area contributed by atoms with E-state index in [1.165, 1.54) is 0 Å². The van der Waals surface area contributed by atoms with Gasteiger partial charge in [0.25, 0.3) is 0 Å². The lowest BCUT2D eigenvalue weighted by Gasteiger charge is -2.08. The average molecular weight is 223 g/mol. The normalized spacial score (nSPS) is 10.4. The predicted octanol–water partition coefficient (Wildman–Crippen LogP) is 2.06. The molecule has 0 radical (unpaired) electrons. The van der Waals surface area contributed by atoms with Gasteiger partial charge in [-0.1, -0.05) is 12.8 Å². The van der Waals surface area contributed by atoms with Gasteiger partial charge in [0.15, 0.2) is 0 Å². The van der Waals surface area contributed by atoms with Gasteiger partial charge in [-0.25, -0.2) is 4.98 Å². The number of nitrogens with one attached hydrogen (secondary N) is 1. The van der Waals surface area contributed by atoms with Crippen LogP contribution in [0.25, 0.3) is 0 Å². The zero-order valence-corrected chi connectivity index (χ0v) is 10.2. The number of aliphatic hydroxyl groups excluding tert-OH is 1. The molecule has 0 aliphatic carbocycles. The van der Waals surface area contributed by atoms with Crippen molar-refractivity contribution < 1.29 is 5.11 Å². The number of rotatable bonds is 7. The fourth-order valence-electron chi connectivity index (χ4n) is 1.50. The molecule has 0 aliphatic heterocycles. The fraction of sp³-hybridized carbons (Fsp3) is 0.667. The molecule has 0 aliphatic rings. The molecule has 0 aromatic carbocycles. The van der Waals surface area contributed by atoms with Crippen molar-refractivity contribution in [3.8, 4) is 0 Å². The Hall–Kier alpha value is -1.16. The quantitative estimate of drug-likeness (QED) is 0.695. The van der Waals surface area contributed by atoms with Crippen molar-refractivity contribution in [2.24, 2.45) is 0 Å². The van der Waals surface area contributed by atoms with Crippen molar-refractivity contribution in [2.45, 2.75) is 39.5 Å². The molecule has 1 rings (SSSR count). The van der Waals surface area contributed by atoms with Crippen LogP contribution in [0.2, 0.25) is 0 Å². The van der Waals surface area contributed by atoms with Gasteiger partial charge in [0.1, 0.15) is 5.82 Å². The van der Waals surface area contributed by atoms with Gasteiger partial charge in [-0.2, -0.15) is 0 Å². The summed E-state index contributed by atoms with van der Waals surface area (Å²) in [5, 5.41) is 11.9. The molecular formula is C12H21N3O. The van der Waals surface area contributed by atoms with Crippen LogP contribution in [-0.2, 0) is 0 Å². The molecule has 1 aromatic rings. The van der Waals surface area contributed by atoms with E-state index in [0.717, 1.165) is 49.4 Å². The maximum absolute atomic E-state index is 8.63. The van der Waals surface area contributed by atoms with Crippen LogP contribution in [0, 0.1) is 13.8 Å². The fourth-order valence-corrected chi connectivity index (χ4v) is 1.50. The molecule has 1 aromatic heterocycles. The average Bonchev–Trinajstić information content (AvgIpc) is 2.28. The van der Waals surface area contributed by atoms with Gasteiger partial charge in [-0.15, -0.1) is 0 Å². The first-order chi connectivity index (χ1) is 7.74. The van der Waals surface area contributed by atoms with Gasteiger partial charge >= 0.3 is 0 Å². The Labute approximate surface area is 97.1 Å². The number of aromatic nitrogens is 2. The molecule has 0 bridgehead atoms. The van der Waals surface area contributed by atoms with Gasteiger partial charge < -0.3 is 10.4 Å². The van der Waals surface area contributed by atoms with Crippen LogP contribution in [0.1, 0.15) is 37.1 Å². The van der Waals surface area contributed by atoms with Gasteiger partial charge in [0, 0.05) is 19.3 Å². The monoisotopic (exact) mass is 223 g/mol. The zero-order chi connectivity index (χ0) is 11.8. The minimum absolute atomic E-state index is 0.301. The third-order valence-electron chi connectivity index (χ3n) is 2.45. The lowest BCUT2D eigenvalue weighted by atomic mass is 10.2. The van der Waals surface area contributed by atoms with Crippen LogP contribution < -0.4 is 5.32 Å². The maximum Gasteiger partial charge on any atom is 0.147 e. The highest BCUT2D eigenvalue weighted by Gasteiger charge is 2.00. The Balaban J connectivity index is 2.23. The van der Waals surface area contributed by atoms with Crippen LogP contribution >= 0.6 is 0 Å². The van der Waals surface area contributed by atoms with Crippen molar-refractivity contribution in [2.75, 3.05) is 18.5 Å². The number of aliphatic hydroxyl groups is 1. The van der Waals surface area contributed by atoms with Crippen molar-refractivity contribution in [1.82, 2.24) is 9.97 Å². The summed E-state index contributed by atoms with van der Waals surface area (Å²) < 4.78 is 0. The van der Waals surface area contributed by atoms with Crippen molar-refractivity contribution in [1.29, 1.82) is 0 Å². The standard InChI is InChI=1S/C12H21N3O/c1-10-9-14-11(2)12(15-10)13-7-5-3-4-6-8-16/h9,16H,3-8H2,1-2H3,(H,13,15). The van der Waals surface area contributed by atoms with E-state index < -0.39 is 0 Å². The lowest BCUT2D eigenvalue weighted by molar-refractivity contribution is 0.283. The third-order valence-corrected chi connectivity index (χ3v) is 2.45. The minimum atomic E-state index is 0.301. The molecular weight excluding hydrogens is 202 g/mol. The van der Waals surface area contributed by atoms with Crippen LogP contribution in [-0.4, -0.2) is 28.2 Å². The second-order valence-corrected chi connectivity index (χ2v) is 4.01. The van der Waals surface area contributed by atoms with E-state index in [1.54, 1.807) is 6.20 Å². The summed E-state index contributed by atoms with van der Waals surface area (Å²) in [5.41, 5.74) is 1.88. The first-order valence-electron chi connectivity index (χ1n) is 5.89. The molecule has 0 fully saturated rings. The van der Waals surface area contributed by atoms with Crippen molar-refractivity contribution >= 4 is 5.82 Å². The lowest BCUT2D eigenvalue weighted by Crippen LogP contribution is -2.06. The highest BCUT2D eigenvalue weighted by Crippen LogP contribution is 2.09. The second-order valence-electron chi connectivity index (χ2n) is 4.01. The van der Waals surface area contributed by atoms with E-state index >= 15 is 0 Å². The highest BCUT2D eigenvalue weighted by molar-refractivity contribution is 5.39. The van der Waals surface area contributed by atoms with Crippen LogP contribution in [0.3, 0.4) is 0 Å². The van der Waals surface area contributed by atoms with Crippen LogP contribution in [0.4, 0.5) is 5.82 Å². The Morgan fingerprint density at radius 2 is 1.94 bits per heavy atom. The first kappa shape index (κ1) is 12.9. The number of nitrogens with zero attached hydrogens (tertiary/aromatic N) is 2. The Morgan fingerprint density at radius 1 is 1.19 bits per heavy atom. The van der Waals surface area contributed by atoms with E-state index in [9.17, 15) is 0 Å². The predicted molar refractivity (Wildman–Crippen MR) is 65.5 cm³/mol.